The molecule has 200 valence electrons. The summed E-state index contributed by atoms with van der Waals surface area (Å²) in [5.74, 6) is 1.58. The molecule has 0 saturated heterocycles. The van der Waals surface area contributed by atoms with Gasteiger partial charge in [-0.2, -0.15) is 0 Å². The molecule has 0 atom stereocenters. The summed E-state index contributed by atoms with van der Waals surface area (Å²) in [4.78, 5) is 12.5. The van der Waals surface area contributed by atoms with Crippen LogP contribution in [0.4, 0.5) is 17.3 Å². The first-order valence-corrected chi connectivity index (χ1v) is 13.7. The molecule has 0 amide bonds. The summed E-state index contributed by atoms with van der Waals surface area (Å²) in [6.45, 7) is 0. The van der Waals surface area contributed by atoms with E-state index in [1.165, 1.54) is 26.9 Å². The number of benzene rings is 6. The predicted octanol–water partition coefficient (Wildman–Crippen LogP) is 9.78. The largest absolute Gasteiger partial charge is 2.00 e. The molecule has 2 aromatic heterocycles. The molecular formula is C38H23N3Pt. The summed E-state index contributed by atoms with van der Waals surface area (Å²) >= 11 is 0. The third-order valence-corrected chi connectivity index (χ3v) is 7.64. The summed E-state index contributed by atoms with van der Waals surface area (Å²) in [5, 5.41) is 7.39. The summed E-state index contributed by atoms with van der Waals surface area (Å²) in [7, 11) is 0. The second-order valence-corrected chi connectivity index (χ2v) is 10.1. The third kappa shape index (κ3) is 4.43. The molecule has 0 saturated carbocycles. The van der Waals surface area contributed by atoms with Crippen molar-refractivity contribution in [3.05, 3.63) is 152 Å². The van der Waals surface area contributed by atoms with Gasteiger partial charge in [0.25, 0.3) is 0 Å². The molecule has 6 aromatic carbocycles. The minimum Gasteiger partial charge on any atom is -0.280 e. The van der Waals surface area contributed by atoms with E-state index >= 15 is 0 Å². The Morgan fingerprint density at radius 1 is 0.452 bits per heavy atom. The fraction of sp³-hybridized carbons (Fsp3) is 0. The van der Waals surface area contributed by atoms with Crippen molar-refractivity contribution in [2.45, 2.75) is 0 Å². The Balaban J connectivity index is 0.00000288. The van der Waals surface area contributed by atoms with Crippen molar-refractivity contribution in [1.82, 2.24) is 9.97 Å². The fourth-order valence-electron chi connectivity index (χ4n) is 5.78. The molecule has 42 heavy (non-hydrogen) atoms. The zero-order valence-electron chi connectivity index (χ0n) is 22.4. The van der Waals surface area contributed by atoms with Gasteiger partial charge < -0.3 is 0 Å². The molecule has 0 radical (unpaired) electrons. The number of rotatable bonds is 5. The van der Waals surface area contributed by atoms with Gasteiger partial charge in [-0.1, -0.05) is 72.8 Å². The predicted molar refractivity (Wildman–Crippen MR) is 169 cm³/mol. The van der Waals surface area contributed by atoms with Gasteiger partial charge in [0.2, 0.25) is 0 Å². The van der Waals surface area contributed by atoms with E-state index < -0.39 is 0 Å². The summed E-state index contributed by atoms with van der Waals surface area (Å²) in [5.41, 5.74) is 4.64. The van der Waals surface area contributed by atoms with Crippen LogP contribution in [-0.2, 0) is 21.1 Å². The maximum Gasteiger partial charge on any atom is 2.00 e. The molecular weight excluding hydrogens is 694 g/mol. The molecule has 8 aromatic rings. The molecule has 0 aliphatic heterocycles. The minimum absolute atomic E-state index is 0. The van der Waals surface area contributed by atoms with Gasteiger partial charge >= 0.3 is 21.1 Å². The average Bonchev–Trinajstić information content (AvgIpc) is 3.05. The average molecular weight is 717 g/mol. The van der Waals surface area contributed by atoms with E-state index in [9.17, 15) is 0 Å². The molecule has 0 aliphatic carbocycles. The van der Waals surface area contributed by atoms with Crippen LogP contribution in [-0.4, -0.2) is 9.97 Å². The Morgan fingerprint density at radius 2 is 0.976 bits per heavy atom. The first kappa shape index (κ1) is 26.1. The normalized spacial score (nSPS) is 11.1. The van der Waals surface area contributed by atoms with Crippen LogP contribution in [0, 0.1) is 12.1 Å². The van der Waals surface area contributed by atoms with Gasteiger partial charge in [0, 0.05) is 5.39 Å². The van der Waals surface area contributed by atoms with Crippen molar-refractivity contribution in [2.75, 3.05) is 4.90 Å². The third-order valence-electron chi connectivity index (χ3n) is 7.64. The Labute approximate surface area is 258 Å². The van der Waals surface area contributed by atoms with Crippen LogP contribution < -0.4 is 4.90 Å². The minimum atomic E-state index is 0. The molecule has 8 rings (SSSR count). The van der Waals surface area contributed by atoms with Crippen LogP contribution in [0.2, 0.25) is 0 Å². The van der Waals surface area contributed by atoms with Crippen molar-refractivity contribution in [3.63, 3.8) is 0 Å². The number of nitrogens with zero attached hydrogens (tertiary/aromatic N) is 3. The van der Waals surface area contributed by atoms with Crippen molar-refractivity contribution in [1.29, 1.82) is 0 Å². The van der Waals surface area contributed by atoms with Crippen molar-refractivity contribution < 1.29 is 21.1 Å². The maximum absolute atomic E-state index is 5.15. The maximum atomic E-state index is 5.15. The fourth-order valence-corrected chi connectivity index (χ4v) is 5.78. The van der Waals surface area contributed by atoms with Crippen LogP contribution in [0.15, 0.2) is 140 Å². The van der Waals surface area contributed by atoms with Crippen LogP contribution in [0.5, 0.6) is 0 Å². The second kappa shape index (κ2) is 10.9. The van der Waals surface area contributed by atoms with Gasteiger partial charge in [-0.3, -0.25) is 14.9 Å². The van der Waals surface area contributed by atoms with Crippen molar-refractivity contribution in [3.8, 4) is 22.5 Å². The summed E-state index contributed by atoms with van der Waals surface area (Å²) < 4.78 is 0. The first-order valence-electron chi connectivity index (χ1n) is 13.7. The number of pyridine rings is 2. The number of anilines is 3. The van der Waals surface area contributed by atoms with E-state index in [2.05, 4.69) is 83.8 Å². The van der Waals surface area contributed by atoms with Crippen LogP contribution in [0.1, 0.15) is 0 Å². The van der Waals surface area contributed by atoms with E-state index in [0.717, 1.165) is 45.2 Å². The Morgan fingerprint density at radius 3 is 1.55 bits per heavy atom. The Kier molecular flexibility index (Phi) is 6.74. The SMILES string of the molecule is [Pt+2].[c-]1ccccc1-c1cccc(N(c2cccc(-c3[c-]cccc3)n2)c2ccc3ccc4cccc5ccc2c3c45)n1. The van der Waals surface area contributed by atoms with Gasteiger partial charge in [0.15, 0.2) is 0 Å². The van der Waals surface area contributed by atoms with Gasteiger partial charge in [-0.15, -0.1) is 71.8 Å². The Bertz CT molecular complexity index is 2060. The van der Waals surface area contributed by atoms with E-state index in [-0.39, 0.29) is 21.1 Å². The smallest absolute Gasteiger partial charge is 0.280 e. The van der Waals surface area contributed by atoms with E-state index in [0.29, 0.717) is 0 Å². The van der Waals surface area contributed by atoms with Crippen LogP contribution >= 0.6 is 0 Å². The molecule has 4 heteroatoms. The van der Waals surface area contributed by atoms with Crippen LogP contribution in [0.3, 0.4) is 0 Å². The van der Waals surface area contributed by atoms with E-state index in [1.54, 1.807) is 0 Å². The molecule has 0 N–H and O–H groups in total. The molecule has 0 fully saturated rings. The van der Waals surface area contributed by atoms with Crippen molar-refractivity contribution >= 4 is 49.6 Å². The van der Waals surface area contributed by atoms with E-state index in [1.807, 2.05) is 72.8 Å². The quantitative estimate of drug-likeness (QED) is 0.131. The monoisotopic (exact) mass is 716 g/mol. The van der Waals surface area contributed by atoms with Gasteiger partial charge in [-0.25, -0.2) is 0 Å². The van der Waals surface area contributed by atoms with Gasteiger partial charge in [-0.05, 0) is 56.5 Å². The topological polar surface area (TPSA) is 29.0 Å². The molecule has 2 heterocycles. The van der Waals surface area contributed by atoms with Crippen molar-refractivity contribution in [2.24, 2.45) is 0 Å². The zero-order valence-corrected chi connectivity index (χ0v) is 24.7. The zero-order chi connectivity index (χ0) is 27.2. The summed E-state index contributed by atoms with van der Waals surface area (Å²) in [6.07, 6.45) is 0. The molecule has 0 unspecified atom stereocenters. The first-order chi connectivity index (χ1) is 20.3. The second-order valence-electron chi connectivity index (χ2n) is 10.1. The Hall–Kier alpha value is -4.85. The summed E-state index contributed by atoms with van der Waals surface area (Å²) in [6, 6.07) is 54.6. The molecule has 0 bridgehead atoms. The molecule has 3 nitrogen and oxygen atoms in total. The number of aromatic nitrogens is 2. The van der Waals surface area contributed by atoms with E-state index in [4.69, 9.17) is 9.97 Å². The molecule has 0 aliphatic rings. The molecule has 0 spiro atoms. The van der Waals surface area contributed by atoms with Crippen LogP contribution in [0.25, 0.3) is 54.8 Å². The number of hydrogen-bond donors (Lipinski definition) is 0. The number of hydrogen-bond acceptors (Lipinski definition) is 3. The standard InChI is InChI=1S/C38H23N3.Pt/c1-3-10-26(11-4-1)32-16-8-18-35(39-32)41(36-19-9-17-33(40-36)27-12-5-2-6-13-27)34-25-23-30-21-20-28-14-7-15-29-22-24-31(34)38(30)37(28)29;/h1-10,12,14-25H;/q-2;+2. The van der Waals surface area contributed by atoms with Gasteiger partial charge in [0.05, 0.1) is 5.69 Å². The van der Waals surface area contributed by atoms with Gasteiger partial charge in [0.1, 0.15) is 11.6 Å².